The Bertz CT molecular complexity index is 155. The van der Waals surface area contributed by atoms with Crippen LogP contribution in [-0.4, -0.2) is 34.0 Å². The highest BCUT2D eigenvalue weighted by molar-refractivity contribution is 5.98. The van der Waals surface area contributed by atoms with E-state index in [1.165, 1.54) is 0 Å². The van der Waals surface area contributed by atoms with Crippen LogP contribution in [0.5, 0.6) is 0 Å². The zero-order valence-corrected chi connectivity index (χ0v) is 5.28. The minimum absolute atomic E-state index is 0.0526. The van der Waals surface area contributed by atoms with Crippen LogP contribution in [0.2, 0.25) is 0 Å². The van der Waals surface area contributed by atoms with Crippen LogP contribution in [0.15, 0.2) is 0 Å². The average molecular weight is 144 g/mol. The van der Waals surface area contributed by atoms with Gasteiger partial charge in [-0.3, -0.25) is 9.59 Å². The standard InChI is InChI=1S/C6H8O4/c7-3-1-2-4(8)6(10)5(3)9/h5-6,9-10H,1-2H2. The first-order valence-corrected chi connectivity index (χ1v) is 3.04. The van der Waals surface area contributed by atoms with Crippen LogP contribution in [0.3, 0.4) is 0 Å². The molecule has 1 fully saturated rings. The van der Waals surface area contributed by atoms with E-state index in [1.54, 1.807) is 0 Å². The van der Waals surface area contributed by atoms with Gasteiger partial charge in [0.2, 0.25) is 0 Å². The summed E-state index contributed by atoms with van der Waals surface area (Å²) in [6, 6.07) is 0. The van der Waals surface area contributed by atoms with Crippen LogP contribution in [0.25, 0.3) is 0 Å². The summed E-state index contributed by atoms with van der Waals surface area (Å²) in [5, 5.41) is 17.6. The van der Waals surface area contributed by atoms with Crippen LogP contribution in [0, 0.1) is 0 Å². The Labute approximate surface area is 57.5 Å². The van der Waals surface area contributed by atoms with Crippen molar-refractivity contribution in [3.8, 4) is 0 Å². The van der Waals surface area contributed by atoms with E-state index < -0.39 is 23.8 Å². The van der Waals surface area contributed by atoms with E-state index >= 15 is 0 Å². The number of ketones is 2. The Kier molecular flexibility index (Phi) is 1.82. The number of carbonyl (C=O) groups excluding carboxylic acids is 2. The predicted octanol–water partition coefficient (Wildman–Crippen LogP) is -1.36. The third-order valence-electron chi connectivity index (χ3n) is 1.58. The highest BCUT2D eigenvalue weighted by Crippen LogP contribution is 2.11. The average Bonchev–Trinajstić information content (AvgIpc) is 1.93. The SMILES string of the molecule is O=C1CCC(=O)C(O)C1O. The molecular weight excluding hydrogens is 136 g/mol. The molecule has 1 saturated carbocycles. The van der Waals surface area contributed by atoms with Crippen molar-refractivity contribution in [3.63, 3.8) is 0 Å². The van der Waals surface area contributed by atoms with E-state index in [2.05, 4.69) is 0 Å². The second kappa shape index (κ2) is 2.48. The summed E-state index contributed by atoms with van der Waals surface area (Å²) in [5.41, 5.74) is 0. The van der Waals surface area contributed by atoms with Crippen molar-refractivity contribution in [1.29, 1.82) is 0 Å². The molecular formula is C6H8O4. The van der Waals surface area contributed by atoms with Gasteiger partial charge < -0.3 is 10.2 Å². The van der Waals surface area contributed by atoms with Gasteiger partial charge in [-0.2, -0.15) is 0 Å². The van der Waals surface area contributed by atoms with E-state index in [0.717, 1.165) is 0 Å². The van der Waals surface area contributed by atoms with Gasteiger partial charge in [-0.05, 0) is 0 Å². The smallest absolute Gasteiger partial charge is 0.164 e. The molecule has 1 aliphatic carbocycles. The summed E-state index contributed by atoms with van der Waals surface area (Å²) in [5.74, 6) is -0.904. The largest absolute Gasteiger partial charge is 0.382 e. The summed E-state index contributed by atoms with van der Waals surface area (Å²) < 4.78 is 0. The number of Topliss-reactive ketones (excluding diaryl/α,β-unsaturated/α-hetero) is 2. The van der Waals surface area contributed by atoms with Gasteiger partial charge in [0.25, 0.3) is 0 Å². The molecule has 0 aromatic rings. The summed E-state index contributed by atoms with van der Waals surface area (Å²) in [6.45, 7) is 0. The van der Waals surface area contributed by atoms with Crippen molar-refractivity contribution >= 4 is 11.6 Å². The van der Waals surface area contributed by atoms with Crippen molar-refractivity contribution in [2.24, 2.45) is 0 Å². The first-order chi connectivity index (χ1) is 4.63. The molecule has 4 heteroatoms. The van der Waals surface area contributed by atoms with Crippen molar-refractivity contribution in [2.75, 3.05) is 0 Å². The molecule has 56 valence electrons. The molecule has 0 aromatic heterocycles. The van der Waals surface area contributed by atoms with Crippen molar-refractivity contribution in [2.45, 2.75) is 25.0 Å². The number of hydrogen-bond donors (Lipinski definition) is 2. The fourth-order valence-corrected chi connectivity index (χ4v) is 0.894. The monoisotopic (exact) mass is 144 g/mol. The Morgan fingerprint density at radius 3 is 1.60 bits per heavy atom. The van der Waals surface area contributed by atoms with Gasteiger partial charge in [0.05, 0.1) is 0 Å². The number of carbonyl (C=O) groups is 2. The topological polar surface area (TPSA) is 74.6 Å². The van der Waals surface area contributed by atoms with Gasteiger partial charge in [0.1, 0.15) is 12.2 Å². The first kappa shape index (κ1) is 7.37. The van der Waals surface area contributed by atoms with Crippen LogP contribution >= 0.6 is 0 Å². The molecule has 0 amide bonds. The van der Waals surface area contributed by atoms with E-state index in [9.17, 15) is 9.59 Å². The number of rotatable bonds is 0. The van der Waals surface area contributed by atoms with E-state index in [-0.39, 0.29) is 12.8 Å². The Hall–Kier alpha value is -0.740. The summed E-state index contributed by atoms with van der Waals surface area (Å²) >= 11 is 0. The van der Waals surface area contributed by atoms with Gasteiger partial charge >= 0.3 is 0 Å². The molecule has 2 atom stereocenters. The molecule has 4 nitrogen and oxygen atoms in total. The van der Waals surface area contributed by atoms with Gasteiger partial charge in [-0.1, -0.05) is 0 Å². The molecule has 10 heavy (non-hydrogen) atoms. The third kappa shape index (κ3) is 1.08. The summed E-state index contributed by atoms with van der Waals surface area (Å²) in [4.78, 5) is 21.2. The maximum atomic E-state index is 10.6. The molecule has 1 aliphatic rings. The second-order valence-corrected chi connectivity index (χ2v) is 2.32. The van der Waals surface area contributed by atoms with Crippen molar-refractivity contribution in [1.82, 2.24) is 0 Å². The minimum atomic E-state index is -1.48. The van der Waals surface area contributed by atoms with Crippen LogP contribution in [0.1, 0.15) is 12.8 Å². The molecule has 2 unspecified atom stereocenters. The Morgan fingerprint density at radius 1 is 1.00 bits per heavy atom. The van der Waals surface area contributed by atoms with Crippen LogP contribution in [-0.2, 0) is 9.59 Å². The van der Waals surface area contributed by atoms with Gasteiger partial charge in [-0.15, -0.1) is 0 Å². The van der Waals surface area contributed by atoms with E-state index in [0.29, 0.717) is 0 Å². The predicted molar refractivity (Wildman–Crippen MR) is 31.3 cm³/mol. The maximum Gasteiger partial charge on any atom is 0.164 e. The lowest BCUT2D eigenvalue weighted by molar-refractivity contribution is -0.149. The maximum absolute atomic E-state index is 10.6. The lowest BCUT2D eigenvalue weighted by Crippen LogP contribution is -2.44. The normalized spacial score (nSPS) is 34.6. The molecule has 0 bridgehead atoms. The van der Waals surface area contributed by atoms with Gasteiger partial charge in [0.15, 0.2) is 11.6 Å². The van der Waals surface area contributed by atoms with Gasteiger partial charge in [0, 0.05) is 12.8 Å². The summed E-state index contributed by atoms with van der Waals surface area (Å²) in [7, 11) is 0. The first-order valence-electron chi connectivity index (χ1n) is 3.04. The minimum Gasteiger partial charge on any atom is -0.382 e. The molecule has 1 rings (SSSR count). The lowest BCUT2D eigenvalue weighted by Gasteiger charge is -2.19. The number of aliphatic hydroxyl groups excluding tert-OH is 2. The van der Waals surface area contributed by atoms with Crippen LogP contribution in [0.4, 0.5) is 0 Å². The lowest BCUT2D eigenvalue weighted by atomic mass is 9.93. The number of aliphatic hydroxyl groups is 2. The molecule has 0 heterocycles. The third-order valence-corrected chi connectivity index (χ3v) is 1.58. The highest BCUT2D eigenvalue weighted by Gasteiger charge is 2.34. The fourth-order valence-electron chi connectivity index (χ4n) is 0.894. The Balaban J connectivity index is 2.69. The van der Waals surface area contributed by atoms with Crippen LogP contribution < -0.4 is 0 Å². The molecule has 0 radical (unpaired) electrons. The molecule has 0 saturated heterocycles. The fraction of sp³-hybridized carbons (Fsp3) is 0.667. The van der Waals surface area contributed by atoms with Gasteiger partial charge in [-0.25, -0.2) is 0 Å². The summed E-state index contributed by atoms with van der Waals surface area (Å²) in [6.07, 6.45) is -2.86. The van der Waals surface area contributed by atoms with E-state index in [4.69, 9.17) is 10.2 Å². The van der Waals surface area contributed by atoms with Crippen molar-refractivity contribution in [3.05, 3.63) is 0 Å². The zero-order chi connectivity index (χ0) is 7.72. The quantitative estimate of drug-likeness (QED) is 0.440. The molecule has 0 aliphatic heterocycles. The Morgan fingerprint density at radius 2 is 1.30 bits per heavy atom. The highest BCUT2D eigenvalue weighted by atomic mass is 16.3. The molecule has 0 aromatic carbocycles. The van der Waals surface area contributed by atoms with Crippen molar-refractivity contribution < 1.29 is 19.8 Å². The number of hydrogen-bond acceptors (Lipinski definition) is 4. The van der Waals surface area contributed by atoms with E-state index in [1.807, 2.05) is 0 Å². The molecule has 0 spiro atoms. The zero-order valence-electron chi connectivity index (χ0n) is 5.28. The second-order valence-electron chi connectivity index (χ2n) is 2.32. The molecule has 2 N–H and O–H groups in total.